The molecule has 0 saturated heterocycles. The molecule has 31 heavy (non-hydrogen) atoms. The predicted molar refractivity (Wildman–Crippen MR) is 123 cm³/mol. The van der Waals surface area contributed by atoms with Crippen molar-refractivity contribution in [3.05, 3.63) is 81.7 Å². The second kappa shape index (κ2) is 8.53. The van der Waals surface area contributed by atoms with Crippen LogP contribution in [0.1, 0.15) is 28.6 Å². The number of aromatic nitrogens is 2. The lowest BCUT2D eigenvalue weighted by Gasteiger charge is -2.10. The Hall–Kier alpha value is -3.78. The maximum atomic E-state index is 13.2. The Labute approximate surface area is 182 Å². The van der Waals surface area contributed by atoms with Crippen LogP contribution in [0.5, 0.6) is 0 Å². The minimum Gasteiger partial charge on any atom is -0.326 e. The molecule has 4 aromatic rings. The van der Waals surface area contributed by atoms with Crippen molar-refractivity contribution in [1.82, 2.24) is 9.66 Å². The fraction of sp³-hybridized carbons (Fsp3) is 0.130. The Bertz CT molecular complexity index is 1340. The van der Waals surface area contributed by atoms with Crippen LogP contribution < -0.4 is 16.3 Å². The van der Waals surface area contributed by atoms with Crippen LogP contribution in [0.25, 0.3) is 21.3 Å². The minimum atomic E-state index is -0.482. The van der Waals surface area contributed by atoms with Gasteiger partial charge in [-0.15, -0.1) is 11.3 Å². The molecular weight excluding hydrogens is 412 g/mol. The van der Waals surface area contributed by atoms with Gasteiger partial charge in [-0.3, -0.25) is 19.8 Å². The molecule has 2 aromatic carbocycles. The number of nitrogens with zero attached hydrogens (tertiary/aromatic N) is 2. The van der Waals surface area contributed by atoms with Gasteiger partial charge in [-0.1, -0.05) is 43.3 Å². The molecule has 0 aliphatic carbocycles. The second-order valence-corrected chi connectivity index (χ2v) is 8.13. The zero-order chi connectivity index (χ0) is 22.0. The van der Waals surface area contributed by atoms with Crippen LogP contribution in [0, 0.1) is 6.92 Å². The monoisotopic (exact) mass is 432 g/mol. The van der Waals surface area contributed by atoms with Crippen molar-refractivity contribution in [1.29, 1.82) is 0 Å². The molecule has 0 spiro atoms. The van der Waals surface area contributed by atoms with Crippen molar-refractivity contribution in [2.45, 2.75) is 20.3 Å². The number of benzene rings is 2. The number of anilines is 1. The molecule has 0 bridgehead atoms. The molecule has 0 saturated carbocycles. The van der Waals surface area contributed by atoms with Gasteiger partial charge in [0.25, 0.3) is 11.5 Å². The van der Waals surface area contributed by atoms with E-state index in [9.17, 15) is 14.4 Å². The molecule has 0 aliphatic heterocycles. The fourth-order valence-electron chi connectivity index (χ4n) is 3.30. The van der Waals surface area contributed by atoms with Gasteiger partial charge in [0, 0.05) is 28.1 Å². The van der Waals surface area contributed by atoms with Crippen molar-refractivity contribution >= 4 is 39.1 Å². The van der Waals surface area contributed by atoms with E-state index in [1.54, 1.807) is 31.2 Å². The molecular formula is C23H20N4O3S. The van der Waals surface area contributed by atoms with E-state index < -0.39 is 5.91 Å². The summed E-state index contributed by atoms with van der Waals surface area (Å²) < 4.78 is 1.10. The molecule has 2 heterocycles. The van der Waals surface area contributed by atoms with Gasteiger partial charge in [0.2, 0.25) is 5.91 Å². The molecule has 0 unspecified atom stereocenters. The summed E-state index contributed by atoms with van der Waals surface area (Å²) in [6, 6.07) is 16.2. The van der Waals surface area contributed by atoms with Gasteiger partial charge in [-0.05, 0) is 30.7 Å². The number of hydrogen-bond donors (Lipinski definition) is 2. The van der Waals surface area contributed by atoms with Crippen LogP contribution in [0.2, 0.25) is 0 Å². The van der Waals surface area contributed by atoms with Crippen molar-refractivity contribution in [3.63, 3.8) is 0 Å². The van der Waals surface area contributed by atoms with E-state index in [1.807, 2.05) is 37.3 Å². The summed E-state index contributed by atoms with van der Waals surface area (Å²) in [7, 11) is 0. The number of hydrogen-bond acceptors (Lipinski definition) is 5. The molecule has 156 valence electrons. The average Bonchev–Trinajstić information content (AvgIpc) is 3.13. The number of thiophene rings is 1. The minimum absolute atomic E-state index is 0.148. The Morgan fingerprint density at radius 2 is 1.87 bits per heavy atom. The SMILES string of the molecule is CCC(=O)Nc1cccc(C(=O)Nn2cnc3sc(C)c(-c4ccccc4)c3c2=O)c1. The quantitative estimate of drug-likeness (QED) is 0.495. The lowest BCUT2D eigenvalue weighted by atomic mass is 10.0. The van der Waals surface area contributed by atoms with Crippen molar-refractivity contribution in [2.24, 2.45) is 0 Å². The van der Waals surface area contributed by atoms with Crippen LogP contribution >= 0.6 is 11.3 Å². The molecule has 4 rings (SSSR count). The number of aryl methyl sites for hydroxylation is 1. The summed E-state index contributed by atoms with van der Waals surface area (Å²) in [6.07, 6.45) is 1.65. The van der Waals surface area contributed by atoms with Crippen LogP contribution in [-0.2, 0) is 4.79 Å². The number of carbonyl (C=O) groups is 2. The van der Waals surface area contributed by atoms with Gasteiger partial charge in [0.15, 0.2) is 0 Å². The van der Waals surface area contributed by atoms with E-state index in [1.165, 1.54) is 17.7 Å². The average molecular weight is 433 g/mol. The van der Waals surface area contributed by atoms with Crippen LogP contribution in [0.3, 0.4) is 0 Å². The summed E-state index contributed by atoms with van der Waals surface area (Å²) in [6.45, 7) is 3.70. The van der Waals surface area contributed by atoms with Crippen molar-refractivity contribution < 1.29 is 9.59 Å². The van der Waals surface area contributed by atoms with Crippen molar-refractivity contribution in [3.8, 4) is 11.1 Å². The zero-order valence-corrected chi connectivity index (χ0v) is 17.8. The molecule has 2 aromatic heterocycles. The lowest BCUT2D eigenvalue weighted by Crippen LogP contribution is -2.33. The molecule has 2 amide bonds. The fourth-order valence-corrected chi connectivity index (χ4v) is 4.30. The first-order valence-corrected chi connectivity index (χ1v) is 10.6. The first-order chi connectivity index (χ1) is 15.0. The topological polar surface area (TPSA) is 93.1 Å². The summed E-state index contributed by atoms with van der Waals surface area (Å²) in [5.41, 5.74) is 4.82. The van der Waals surface area contributed by atoms with Crippen LogP contribution in [-0.4, -0.2) is 21.5 Å². The number of amides is 2. The van der Waals surface area contributed by atoms with E-state index in [4.69, 9.17) is 0 Å². The van der Waals surface area contributed by atoms with Crippen LogP contribution in [0.15, 0.2) is 65.7 Å². The largest absolute Gasteiger partial charge is 0.326 e. The molecule has 2 N–H and O–H groups in total. The highest BCUT2D eigenvalue weighted by Gasteiger charge is 2.18. The Kier molecular flexibility index (Phi) is 5.64. The van der Waals surface area contributed by atoms with Gasteiger partial charge < -0.3 is 5.32 Å². The molecule has 8 heteroatoms. The van der Waals surface area contributed by atoms with Gasteiger partial charge in [0.1, 0.15) is 11.2 Å². The first-order valence-electron chi connectivity index (χ1n) is 9.75. The highest BCUT2D eigenvalue weighted by Crippen LogP contribution is 2.35. The van der Waals surface area contributed by atoms with E-state index in [0.29, 0.717) is 27.9 Å². The second-order valence-electron chi connectivity index (χ2n) is 6.92. The molecule has 0 atom stereocenters. The van der Waals surface area contributed by atoms with E-state index in [2.05, 4.69) is 15.7 Å². The van der Waals surface area contributed by atoms with Crippen molar-refractivity contribution in [2.75, 3.05) is 10.7 Å². The van der Waals surface area contributed by atoms with Gasteiger partial charge in [0.05, 0.1) is 5.39 Å². The normalized spacial score (nSPS) is 10.8. The molecule has 0 fully saturated rings. The zero-order valence-electron chi connectivity index (χ0n) is 17.0. The molecule has 0 radical (unpaired) electrons. The van der Waals surface area contributed by atoms with E-state index in [-0.39, 0.29) is 11.5 Å². The summed E-state index contributed by atoms with van der Waals surface area (Å²) in [5, 5.41) is 3.19. The van der Waals surface area contributed by atoms with Gasteiger partial charge in [-0.2, -0.15) is 0 Å². The summed E-state index contributed by atoms with van der Waals surface area (Å²) >= 11 is 1.44. The highest BCUT2D eigenvalue weighted by molar-refractivity contribution is 7.19. The lowest BCUT2D eigenvalue weighted by molar-refractivity contribution is -0.115. The maximum Gasteiger partial charge on any atom is 0.281 e. The Balaban J connectivity index is 1.69. The molecule has 7 nitrogen and oxygen atoms in total. The smallest absolute Gasteiger partial charge is 0.281 e. The van der Waals surface area contributed by atoms with Gasteiger partial charge >= 0.3 is 0 Å². The Morgan fingerprint density at radius 1 is 1.10 bits per heavy atom. The molecule has 0 aliphatic rings. The third kappa shape index (κ3) is 4.10. The standard InChI is InChI=1S/C23H20N4O3S/c1-3-18(28)25-17-11-7-10-16(12-17)21(29)26-27-13-24-22-20(23(27)30)19(14(2)31-22)15-8-5-4-6-9-15/h4-13H,3H2,1-2H3,(H,25,28)(H,26,29). The highest BCUT2D eigenvalue weighted by atomic mass is 32.1. The third-order valence-electron chi connectivity index (χ3n) is 4.80. The predicted octanol–water partition coefficient (Wildman–Crippen LogP) is 4.17. The number of carbonyl (C=O) groups excluding carboxylic acids is 2. The number of nitrogens with one attached hydrogen (secondary N) is 2. The summed E-state index contributed by atoms with van der Waals surface area (Å²) in [5.74, 6) is -0.631. The third-order valence-corrected chi connectivity index (χ3v) is 5.82. The van der Waals surface area contributed by atoms with Crippen LogP contribution in [0.4, 0.5) is 5.69 Å². The Morgan fingerprint density at radius 3 is 2.61 bits per heavy atom. The summed E-state index contributed by atoms with van der Waals surface area (Å²) in [4.78, 5) is 43.6. The van der Waals surface area contributed by atoms with Gasteiger partial charge in [-0.25, -0.2) is 9.66 Å². The van der Waals surface area contributed by atoms with E-state index >= 15 is 0 Å². The first kappa shape index (κ1) is 20.5. The maximum absolute atomic E-state index is 13.2. The number of fused-ring (bicyclic) bond motifs is 1. The number of rotatable bonds is 5. The van der Waals surface area contributed by atoms with E-state index in [0.717, 1.165) is 20.7 Å².